The van der Waals surface area contributed by atoms with Gasteiger partial charge in [-0.3, -0.25) is 4.79 Å². The predicted octanol–water partition coefficient (Wildman–Crippen LogP) is 1.12. The van der Waals surface area contributed by atoms with Gasteiger partial charge in [0.25, 0.3) is 0 Å². The van der Waals surface area contributed by atoms with E-state index in [9.17, 15) is 17.6 Å². The van der Waals surface area contributed by atoms with E-state index in [1.807, 2.05) is 0 Å². The lowest BCUT2D eigenvalue weighted by molar-refractivity contribution is -0.121. The molecule has 1 saturated carbocycles. The van der Waals surface area contributed by atoms with E-state index < -0.39 is 20.7 Å². The average Bonchev–Trinajstić information content (AvgIpc) is 3.17. The molecule has 0 atom stereocenters. The second kappa shape index (κ2) is 6.29. The Bertz CT molecular complexity index is 662. The number of amides is 1. The first kappa shape index (κ1) is 16.2. The van der Waals surface area contributed by atoms with E-state index in [-0.39, 0.29) is 35.1 Å². The SMILES string of the molecule is Nc1cc(S(=O)(=O)NCCC(=O)NC2CC2)c(F)cc1Br. The van der Waals surface area contributed by atoms with Crippen LogP contribution in [-0.4, -0.2) is 26.9 Å². The Hall–Kier alpha value is -1.19. The summed E-state index contributed by atoms with van der Waals surface area (Å²) >= 11 is 3.01. The first-order valence-electron chi connectivity index (χ1n) is 6.33. The zero-order valence-electron chi connectivity index (χ0n) is 11.0. The maximum Gasteiger partial charge on any atom is 0.243 e. The van der Waals surface area contributed by atoms with Crippen molar-refractivity contribution in [3.8, 4) is 0 Å². The third-order valence-corrected chi connectivity index (χ3v) is 5.09. The van der Waals surface area contributed by atoms with Crippen molar-refractivity contribution >= 4 is 37.5 Å². The molecule has 1 aromatic carbocycles. The summed E-state index contributed by atoms with van der Waals surface area (Å²) in [7, 11) is -4.04. The van der Waals surface area contributed by atoms with Crippen molar-refractivity contribution in [2.24, 2.45) is 0 Å². The maximum absolute atomic E-state index is 13.7. The minimum absolute atomic E-state index is 0.00333. The molecule has 1 aliphatic rings. The van der Waals surface area contributed by atoms with Crippen LogP contribution >= 0.6 is 15.9 Å². The Morgan fingerprint density at radius 2 is 2.10 bits per heavy atom. The molecule has 1 fully saturated rings. The van der Waals surface area contributed by atoms with Gasteiger partial charge < -0.3 is 11.1 Å². The summed E-state index contributed by atoms with van der Waals surface area (Å²) in [6.07, 6.45) is 1.92. The van der Waals surface area contributed by atoms with Crippen LogP contribution in [0.4, 0.5) is 10.1 Å². The highest BCUT2D eigenvalue weighted by atomic mass is 79.9. The van der Waals surface area contributed by atoms with Crippen molar-refractivity contribution in [3.63, 3.8) is 0 Å². The van der Waals surface area contributed by atoms with Crippen LogP contribution in [0.3, 0.4) is 0 Å². The third kappa shape index (κ3) is 4.39. The van der Waals surface area contributed by atoms with Crippen molar-refractivity contribution in [1.29, 1.82) is 0 Å². The fraction of sp³-hybridized carbons (Fsp3) is 0.417. The number of nitrogen functional groups attached to an aromatic ring is 1. The maximum atomic E-state index is 13.7. The zero-order chi connectivity index (χ0) is 15.6. The van der Waals surface area contributed by atoms with E-state index in [1.165, 1.54) is 0 Å². The fourth-order valence-electron chi connectivity index (χ4n) is 1.65. The summed E-state index contributed by atoms with van der Waals surface area (Å²) in [6, 6.07) is 2.24. The van der Waals surface area contributed by atoms with E-state index in [1.54, 1.807) is 0 Å². The first-order valence-corrected chi connectivity index (χ1v) is 8.61. The number of hydrogen-bond acceptors (Lipinski definition) is 4. The van der Waals surface area contributed by atoms with Crippen LogP contribution in [0.5, 0.6) is 0 Å². The molecule has 1 aliphatic carbocycles. The highest BCUT2D eigenvalue weighted by Gasteiger charge is 2.24. The van der Waals surface area contributed by atoms with Gasteiger partial charge in [-0.1, -0.05) is 0 Å². The average molecular weight is 380 g/mol. The number of sulfonamides is 1. The molecule has 6 nitrogen and oxygen atoms in total. The summed E-state index contributed by atoms with van der Waals surface area (Å²) in [4.78, 5) is 10.9. The molecular weight excluding hydrogens is 365 g/mol. The van der Waals surface area contributed by atoms with Crippen molar-refractivity contribution < 1.29 is 17.6 Å². The number of rotatable bonds is 6. The largest absolute Gasteiger partial charge is 0.398 e. The summed E-state index contributed by atoms with van der Waals surface area (Å²) in [5.41, 5.74) is 5.67. The van der Waals surface area contributed by atoms with Gasteiger partial charge in [-0.2, -0.15) is 0 Å². The Balaban J connectivity index is 1.97. The third-order valence-electron chi connectivity index (χ3n) is 2.93. The van der Waals surface area contributed by atoms with E-state index in [2.05, 4.69) is 26.0 Å². The second-order valence-electron chi connectivity index (χ2n) is 4.79. The van der Waals surface area contributed by atoms with Crippen LogP contribution in [0.1, 0.15) is 19.3 Å². The van der Waals surface area contributed by atoms with Gasteiger partial charge in [0.1, 0.15) is 10.7 Å². The van der Waals surface area contributed by atoms with Gasteiger partial charge in [0, 0.05) is 29.2 Å². The second-order valence-corrected chi connectivity index (χ2v) is 7.38. The number of nitrogens with one attached hydrogen (secondary N) is 2. The van der Waals surface area contributed by atoms with Gasteiger partial charge in [-0.25, -0.2) is 17.5 Å². The van der Waals surface area contributed by atoms with Gasteiger partial charge in [0.15, 0.2) is 0 Å². The minimum Gasteiger partial charge on any atom is -0.398 e. The molecule has 4 N–H and O–H groups in total. The Kier molecular flexibility index (Phi) is 4.84. The smallest absolute Gasteiger partial charge is 0.243 e. The summed E-state index contributed by atoms with van der Waals surface area (Å²) < 4.78 is 40.1. The Morgan fingerprint density at radius 1 is 1.43 bits per heavy atom. The van der Waals surface area contributed by atoms with Crippen LogP contribution in [0.25, 0.3) is 0 Å². The van der Waals surface area contributed by atoms with Crippen LogP contribution in [0.2, 0.25) is 0 Å². The summed E-state index contributed by atoms with van der Waals surface area (Å²) in [6.45, 7) is -0.101. The topological polar surface area (TPSA) is 101 Å². The van der Waals surface area contributed by atoms with Crippen molar-refractivity contribution in [3.05, 3.63) is 22.4 Å². The quantitative estimate of drug-likeness (QED) is 0.644. The molecule has 1 amide bonds. The molecule has 2 rings (SSSR count). The molecule has 0 spiro atoms. The van der Waals surface area contributed by atoms with Crippen molar-refractivity contribution in [2.45, 2.75) is 30.2 Å². The van der Waals surface area contributed by atoms with Gasteiger partial charge in [0.05, 0.1) is 0 Å². The first-order chi connectivity index (χ1) is 9.79. The number of halogens is 2. The molecule has 1 aromatic rings. The Morgan fingerprint density at radius 3 is 2.71 bits per heavy atom. The fourth-order valence-corrected chi connectivity index (χ4v) is 3.09. The zero-order valence-corrected chi connectivity index (χ0v) is 13.4. The highest BCUT2D eigenvalue weighted by molar-refractivity contribution is 9.10. The molecule has 21 heavy (non-hydrogen) atoms. The van der Waals surface area contributed by atoms with Crippen molar-refractivity contribution in [1.82, 2.24) is 10.0 Å². The van der Waals surface area contributed by atoms with E-state index in [4.69, 9.17) is 5.73 Å². The molecular formula is C12H15BrFN3O3S. The number of hydrogen-bond donors (Lipinski definition) is 3. The number of nitrogens with two attached hydrogens (primary N) is 1. The van der Waals surface area contributed by atoms with Gasteiger partial charge in [0.2, 0.25) is 15.9 Å². The predicted molar refractivity (Wildman–Crippen MR) is 79.5 cm³/mol. The molecule has 0 unspecified atom stereocenters. The van der Waals surface area contributed by atoms with Gasteiger partial charge >= 0.3 is 0 Å². The van der Waals surface area contributed by atoms with Crippen LogP contribution in [0.15, 0.2) is 21.5 Å². The van der Waals surface area contributed by atoms with Crippen LogP contribution < -0.4 is 15.8 Å². The lowest BCUT2D eigenvalue weighted by Gasteiger charge is -2.09. The molecule has 0 saturated heterocycles. The molecule has 0 heterocycles. The van der Waals surface area contributed by atoms with Gasteiger partial charge in [-0.05, 0) is 40.9 Å². The van der Waals surface area contributed by atoms with E-state index in [0.29, 0.717) is 0 Å². The number of benzene rings is 1. The van der Waals surface area contributed by atoms with E-state index in [0.717, 1.165) is 25.0 Å². The number of carbonyl (C=O) groups excluding carboxylic acids is 1. The standard InChI is InChI=1S/C12H15BrFN3O3S/c13-8-5-9(14)11(6-10(8)15)21(19,20)16-4-3-12(18)17-7-1-2-7/h5-7,16H,1-4,15H2,(H,17,18). The van der Waals surface area contributed by atoms with Gasteiger partial charge in [-0.15, -0.1) is 0 Å². The van der Waals surface area contributed by atoms with Crippen molar-refractivity contribution in [2.75, 3.05) is 12.3 Å². The Labute approximate surface area is 130 Å². The molecule has 0 aliphatic heterocycles. The molecule has 0 radical (unpaired) electrons. The number of anilines is 1. The molecule has 0 bridgehead atoms. The lowest BCUT2D eigenvalue weighted by Crippen LogP contribution is -2.32. The molecule has 0 aromatic heterocycles. The van der Waals surface area contributed by atoms with E-state index >= 15 is 0 Å². The van der Waals surface area contributed by atoms with Crippen LogP contribution in [0, 0.1) is 5.82 Å². The van der Waals surface area contributed by atoms with Crippen LogP contribution in [-0.2, 0) is 14.8 Å². The molecule has 116 valence electrons. The summed E-state index contributed by atoms with van der Waals surface area (Å²) in [5, 5.41) is 2.73. The number of carbonyl (C=O) groups is 1. The molecule has 9 heteroatoms. The lowest BCUT2D eigenvalue weighted by atomic mass is 10.3. The highest BCUT2D eigenvalue weighted by Crippen LogP contribution is 2.25. The monoisotopic (exact) mass is 379 g/mol. The minimum atomic E-state index is -4.04. The normalized spacial score (nSPS) is 15.0. The summed E-state index contributed by atoms with van der Waals surface area (Å²) in [5.74, 6) is -1.14.